The van der Waals surface area contributed by atoms with Gasteiger partial charge in [-0.3, -0.25) is 10.1 Å². The molecule has 0 fully saturated rings. The fraction of sp³-hybridized carbons (Fsp3) is 0.500. The van der Waals surface area contributed by atoms with Crippen molar-refractivity contribution < 1.29 is 9.32 Å². The lowest BCUT2D eigenvalue weighted by Gasteiger charge is -2.00. The van der Waals surface area contributed by atoms with Gasteiger partial charge in [0, 0.05) is 5.56 Å². The van der Waals surface area contributed by atoms with Gasteiger partial charge in [-0.2, -0.15) is 0 Å². The van der Waals surface area contributed by atoms with Gasteiger partial charge in [-0.25, -0.2) is 0 Å². The molecule has 1 aromatic heterocycles. The summed E-state index contributed by atoms with van der Waals surface area (Å²) in [6.07, 6.45) is 0. The number of likely N-dealkylation sites (N-methyl/N-ethyl adjacent to an activating group) is 1. The number of nitrogens with one attached hydrogen (secondary N) is 2. The summed E-state index contributed by atoms with van der Waals surface area (Å²) in [4.78, 5) is 11.1. The average Bonchev–Trinajstić information content (AvgIpc) is 2.37. The van der Waals surface area contributed by atoms with Crippen molar-refractivity contribution in [2.24, 2.45) is 0 Å². The predicted octanol–water partition coefficient (Wildman–Crippen LogP) is 0.449. The van der Waals surface area contributed by atoms with Crippen LogP contribution in [0.25, 0.3) is 0 Å². The molecule has 2 N–H and O–H groups in total. The number of nitrogens with zero attached hydrogens (tertiary/aromatic N) is 1. The summed E-state index contributed by atoms with van der Waals surface area (Å²) in [5, 5.41) is 9.06. The van der Waals surface area contributed by atoms with E-state index in [-0.39, 0.29) is 12.5 Å². The van der Waals surface area contributed by atoms with Gasteiger partial charge in [0.25, 0.3) is 0 Å². The molecule has 0 saturated heterocycles. The zero-order valence-corrected chi connectivity index (χ0v) is 7.97. The third kappa shape index (κ3) is 2.29. The average molecular weight is 183 g/mol. The zero-order valence-electron chi connectivity index (χ0n) is 7.97. The Hall–Kier alpha value is -1.36. The SMILES string of the molecule is CNCC(=O)Nc1onc(C)c1C. The summed E-state index contributed by atoms with van der Waals surface area (Å²) in [5.74, 6) is 0.291. The summed E-state index contributed by atoms with van der Waals surface area (Å²) >= 11 is 0. The van der Waals surface area contributed by atoms with Crippen molar-refractivity contribution in [3.05, 3.63) is 11.3 Å². The van der Waals surface area contributed by atoms with Crippen LogP contribution < -0.4 is 10.6 Å². The lowest BCUT2D eigenvalue weighted by molar-refractivity contribution is -0.115. The summed E-state index contributed by atoms with van der Waals surface area (Å²) in [7, 11) is 1.71. The highest BCUT2D eigenvalue weighted by molar-refractivity contribution is 5.91. The van der Waals surface area contributed by atoms with Gasteiger partial charge in [0.05, 0.1) is 12.2 Å². The largest absolute Gasteiger partial charge is 0.338 e. The van der Waals surface area contributed by atoms with Crippen molar-refractivity contribution in [3.8, 4) is 0 Å². The Bertz CT molecular complexity index is 306. The second-order valence-electron chi connectivity index (χ2n) is 2.80. The lowest BCUT2D eigenvalue weighted by atomic mass is 10.3. The molecule has 5 nitrogen and oxygen atoms in total. The second kappa shape index (κ2) is 4.04. The Morgan fingerprint density at radius 2 is 2.23 bits per heavy atom. The van der Waals surface area contributed by atoms with Crippen LogP contribution in [0.15, 0.2) is 4.52 Å². The molecule has 0 aliphatic rings. The van der Waals surface area contributed by atoms with Gasteiger partial charge in [0.2, 0.25) is 11.8 Å². The highest BCUT2D eigenvalue weighted by Crippen LogP contribution is 2.16. The molecule has 5 heteroatoms. The first-order valence-corrected chi connectivity index (χ1v) is 4.02. The van der Waals surface area contributed by atoms with Crippen molar-refractivity contribution in [1.29, 1.82) is 0 Å². The molecule has 0 atom stereocenters. The Labute approximate surface area is 76.5 Å². The molecule has 0 aromatic carbocycles. The number of carbonyl (C=O) groups is 1. The van der Waals surface area contributed by atoms with E-state index in [0.29, 0.717) is 5.88 Å². The maximum atomic E-state index is 11.1. The molecular formula is C8H13N3O2. The van der Waals surface area contributed by atoms with Crippen LogP contribution in [-0.2, 0) is 4.79 Å². The van der Waals surface area contributed by atoms with E-state index in [2.05, 4.69) is 15.8 Å². The van der Waals surface area contributed by atoms with Crippen LogP contribution in [0.3, 0.4) is 0 Å². The summed E-state index contributed by atoms with van der Waals surface area (Å²) in [6, 6.07) is 0. The molecule has 72 valence electrons. The molecule has 0 spiro atoms. The van der Waals surface area contributed by atoms with Gasteiger partial charge in [0.1, 0.15) is 0 Å². The van der Waals surface area contributed by atoms with E-state index < -0.39 is 0 Å². The van der Waals surface area contributed by atoms with E-state index in [1.54, 1.807) is 7.05 Å². The quantitative estimate of drug-likeness (QED) is 0.714. The minimum absolute atomic E-state index is 0.137. The number of rotatable bonds is 3. The third-order valence-corrected chi connectivity index (χ3v) is 1.75. The number of aromatic nitrogens is 1. The number of carbonyl (C=O) groups excluding carboxylic acids is 1. The van der Waals surface area contributed by atoms with Gasteiger partial charge >= 0.3 is 0 Å². The molecule has 0 aliphatic heterocycles. The molecule has 1 rings (SSSR count). The van der Waals surface area contributed by atoms with E-state index in [1.807, 2.05) is 13.8 Å². The highest BCUT2D eigenvalue weighted by Gasteiger charge is 2.10. The molecule has 0 radical (unpaired) electrons. The van der Waals surface area contributed by atoms with Crippen molar-refractivity contribution in [2.75, 3.05) is 18.9 Å². The van der Waals surface area contributed by atoms with Gasteiger partial charge in [0.15, 0.2) is 0 Å². The van der Waals surface area contributed by atoms with E-state index in [0.717, 1.165) is 11.3 Å². The molecule has 1 aromatic rings. The first-order chi connectivity index (χ1) is 6.15. The van der Waals surface area contributed by atoms with Gasteiger partial charge in [-0.15, -0.1) is 0 Å². The predicted molar refractivity (Wildman–Crippen MR) is 48.5 cm³/mol. The number of anilines is 1. The van der Waals surface area contributed by atoms with Crippen molar-refractivity contribution in [3.63, 3.8) is 0 Å². The van der Waals surface area contributed by atoms with Crippen molar-refractivity contribution >= 4 is 11.8 Å². The molecule has 0 bridgehead atoms. The lowest BCUT2D eigenvalue weighted by Crippen LogP contribution is -2.25. The molecule has 13 heavy (non-hydrogen) atoms. The minimum Gasteiger partial charge on any atom is -0.338 e. The van der Waals surface area contributed by atoms with E-state index in [9.17, 15) is 4.79 Å². The first-order valence-electron chi connectivity index (χ1n) is 4.02. The van der Waals surface area contributed by atoms with Gasteiger partial charge in [-0.1, -0.05) is 5.16 Å². The topological polar surface area (TPSA) is 67.2 Å². The van der Waals surface area contributed by atoms with E-state index >= 15 is 0 Å². The van der Waals surface area contributed by atoms with Crippen LogP contribution in [0.2, 0.25) is 0 Å². The third-order valence-electron chi connectivity index (χ3n) is 1.75. The summed E-state index contributed by atoms with van der Waals surface area (Å²) in [6.45, 7) is 3.94. The van der Waals surface area contributed by atoms with Crippen LogP contribution >= 0.6 is 0 Å². The molecule has 0 unspecified atom stereocenters. The van der Waals surface area contributed by atoms with Crippen LogP contribution in [0.4, 0.5) is 5.88 Å². The van der Waals surface area contributed by atoms with Crippen LogP contribution in [0.1, 0.15) is 11.3 Å². The summed E-state index contributed by atoms with van der Waals surface area (Å²) in [5.41, 5.74) is 1.66. The van der Waals surface area contributed by atoms with E-state index in [4.69, 9.17) is 4.52 Å². The first kappa shape index (κ1) is 9.73. The summed E-state index contributed by atoms with van der Waals surface area (Å²) < 4.78 is 4.90. The normalized spacial score (nSPS) is 10.1. The van der Waals surface area contributed by atoms with Crippen molar-refractivity contribution in [2.45, 2.75) is 13.8 Å². The van der Waals surface area contributed by atoms with Gasteiger partial charge < -0.3 is 9.84 Å². The van der Waals surface area contributed by atoms with Crippen LogP contribution in [-0.4, -0.2) is 24.7 Å². The highest BCUT2D eigenvalue weighted by atomic mass is 16.5. The Balaban J connectivity index is 2.64. The zero-order chi connectivity index (χ0) is 9.84. The molecule has 1 heterocycles. The maximum absolute atomic E-state index is 11.1. The Kier molecular flexibility index (Phi) is 3.02. The maximum Gasteiger partial charge on any atom is 0.240 e. The molecular weight excluding hydrogens is 170 g/mol. The number of hydrogen-bond donors (Lipinski definition) is 2. The molecule has 1 amide bonds. The number of hydrogen-bond acceptors (Lipinski definition) is 4. The van der Waals surface area contributed by atoms with Crippen molar-refractivity contribution in [1.82, 2.24) is 10.5 Å². The van der Waals surface area contributed by atoms with Crippen LogP contribution in [0.5, 0.6) is 0 Å². The molecule has 0 aliphatic carbocycles. The smallest absolute Gasteiger partial charge is 0.240 e. The fourth-order valence-corrected chi connectivity index (χ4v) is 0.863. The second-order valence-corrected chi connectivity index (χ2v) is 2.80. The molecule has 0 saturated carbocycles. The fourth-order valence-electron chi connectivity index (χ4n) is 0.863. The van der Waals surface area contributed by atoms with Gasteiger partial charge in [-0.05, 0) is 20.9 Å². The Morgan fingerprint density at radius 1 is 1.54 bits per heavy atom. The van der Waals surface area contributed by atoms with Crippen LogP contribution in [0, 0.1) is 13.8 Å². The Morgan fingerprint density at radius 3 is 2.69 bits per heavy atom. The number of amides is 1. The monoisotopic (exact) mass is 183 g/mol. The number of aryl methyl sites for hydroxylation is 1. The standard InChI is InChI=1S/C8H13N3O2/c1-5-6(2)11-13-8(5)10-7(12)4-9-3/h9H,4H2,1-3H3,(H,10,12). The van der Waals surface area contributed by atoms with E-state index in [1.165, 1.54) is 0 Å². The minimum atomic E-state index is -0.137.